The zero-order valence-electron chi connectivity index (χ0n) is 45.7. The van der Waals surface area contributed by atoms with Gasteiger partial charge in [-0.2, -0.15) is 0 Å². The van der Waals surface area contributed by atoms with Crippen molar-refractivity contribution >= 4 is 19.6 Å². The number of aromatic hydroxyl groups is 1. The molecule has 4 aromatic rings. The molecule has 0 heterocycles. The number of phenols is 1. The molecule has 4 saturated carbocycles. The highest BCUT2D eigenvalue weighted by atomic mass is 31.2. The molecule has 4 aromatic carbocycles. The Kier molecular flexibility index (Phi) is 16.4. The van der Waals surface area contributed by atoms with Crippen LogP contribution in [0.1, 0.15) is 190 Å². The van der Waals surface area contributed by atoms with E-state index >= 15 is 0 Å². The Labute approximate surface area is 443 Å². The van der Waals surface area contributed by atoms with Gasteiger partial charge < -0.3 is 20.3 Å². The zero-order chi connectivity index (χ0) is 52.2. The summed E-state index contributed by atoms with van der Waals surface area (Å²) in [5.74, 6) is 1.78. The lowest BCUT2D eigenvalue weighted by Crippen LogP contribution is -2.56. The molecule has 6 aliphatic carbocycles. The van der Waals surface area contributed by atoms with Crippen molar-refractivity contribution in [3.05, 3.63) is 130 Å². The molecule has 0 saturated heterocycles. The average Bonchev–Trinajstić information content (AvgIpc) is 3.41. The van der Waals surface area contributed by atoms with Gasteiger partial charge in [-0.3, -0.25) is 18.6 Å². The van der Waals surface area contributed by atoms with Gasteiger partial charge in [0, 0.05) is 23.9 Å². The molecule has 10 heteroatoms. The molecule has 2 amide bonds. The summed E-state index contributed by atoms with van der Waals surface area (Å²) in [4.78, 5) is 28.2. The smallest absolute Gasteiger partial charge is 0.508 e. The number of carbonyl (C=O) groups excluding carboxylic acids is 2. The number of rotatable bonds is 14. The third-order valence-corrected chi connectivity index (χ3v) is 21.7. The van der Waals surface area contributed by atoms with E-state index in [2.05, 4.69) is 111 Å². The largest absolute Gasteiger partial charge is 0.530 e. The molecule has 10 rings (SSSR count). The molecule has 400 valence electrons. The maximum atomic E-state index is 14.2. The summed E-state index contributed by atoms with van der Waals surface area (Å²) in [6.07, 6.45) is 22.0. The molecule has 6 atom stereocenters. The summed E-state index contributed by atoms with van der Waals surface area (Å²) in [7, 11) is -3.70. The molecule has 0 spiro atoms. The van der Waals surface area contributed by atoms with Crippen LogP contribution >= 0.6 is 7.82 Å². The van der Waals surface area contributed by atoms with Gasteiger partial charge in [0.1, 0.15) is 11.5 Å². The van der Waals surface area contributed by atoms with E-state index in [4.69, 9.17) is 13.6 Å². The second-order valence-electron chi connectivity index (χ2n) is 24.4. The van der Waals surface area contributed by atoms with Crippen LogP contribution in [0.2, 0.25) is 0 Å². The monoisotopic (exact) mass is 1030 g/mol. The summed E-state index contributed by atoms with van der Waals surface area (Å²) in [5, 5.41) is 17.2. The van der Waals surface area contributed by atoms with Gasteiger partial charge >= 0.3 is 7.82 Å². The number of phosphoric acid groups is 1. The highest BCUT2D eigenvalue weighted by Gasteiger charge is 2.57. The van der Waals surface area contributed by atoms with Crippen LogP contribution in [0.5, 0.6) is 11.5 Å². The van der Waals surface area contributed by atoms with Crippen molar-refractivity contribution in [3.63, 3.8) is 0 Å². The average molecular weight is 1030 g/mol. The first-order chi connectivity index (χ1) is 35.6. The van der Waals surface area contributed by atoms with Crippen LogP contribution in [0.3, 0.4) is 0 Å². The van der Waals surface area contributed by atoms with Gasteiger partial charge in [-0.05, 0) is 171 Å². The fraction of sp³-hybridized carbons (Fsp3) is 0.594. The molecule has 74 heavy (non-hydrogen) atoms. The second kappa shape index (κ2) is 22.3. The molecule has 9 nitrogen and oxygen atoms in total. The number of benzene rings is 4. The Balaban J connectivity index is 0.000000186. The highest BCUT2D eigenvalue weighted by molar-refractivity contribution is 7.48. The van der Waals surface area contributed by atoms with Gasteiger partial charge in [-0.1, -0.05) is 152 Å². The van der Waals surface area contributed by atoms with Gasteiger partial charge in [0.05, 0.1) is 24.0 Å². The first-order valence-corrected chi connectivity index (χ1v) is 30.2. The number of hydrogen-bond acceptors (Lipinski definition) is 7. The van der Waals surface area contributed by atoms with E-state index < -0.39 is 13.2 Å². The van der Waals surface area contributed by atoms with E-state index in [0.717, 1.165) is 96.4 Å². The van der Waals surface area contributed by atoms with Crippen LogP contribution in [-0.4, -0.2) is 43.2 Å². The standard InChI is InChI=1S/C34H48NO5P.C30H39NO2/c1-5-38-41(37,39-6-2)40-28-18-16-26-17-19-30-32(3,29(26)24-28)20-13-21-33(30,4)31(36)35-25-34(22-11-8-12-23-34)27-14-9-7-10-15-27;1-28-16-9-17-29(2,26(28)15-13-22-12-14-24(32)20-25(22)28)27(33)31-21-30(18-7-4-8-19-30)23-10-5-3-6-11-23/h7,9-10,14-16,18,24,30H,5-6,8,11-13,17,19-23,25H2,1-4H3,(H,35,36);3,5-6,10-12,14,20,26,32H,4,7-9,13,15-19,21H2,1-2H3,(H,31,33)/t30-,32-,33+;26-,28-,29+/m11/s1. The molecule has 6 aliphatic rings. The van der Waals surface area contributed by atoms with Gasteiger partial charge in [-0.25, -0.2) is 4.57 Å². The van der Waals surface area contributed by atoms with E-state index in [1.807, 2.05) is 24.3 Å². The Morgan fingerprint density at radius 3 is 1.43 bits per heavy atom. The van der Waals surface area contributed by atoms with Gasteiger partial charge in [0.15, 0.2) is 0 Å². The van der Waals surface area contributed by atoms with Crippen LogP contribution in [-0.2, 0) is 57.7 Å². The lowest BCUT2D eigenvalue weighted by molar-refractivity contribution is -0.140. The topological polar surface area (TPSA) is 123 Å². The summed E-state index contributed by atoms with van der Waals surface area (Å²) in [6, 6.07) is 33.5. The molecule has 0 unspecified atom stereocenters. The highest BCUT2D eigenvalue weighted by Crippen LogP contribution is 2.60. The van der Waals surface area contributed by atoms with Crippen LogP contribution in [0, 0.1) is 22.7 Å². The van der Waals surface area contributed by atoms with Crippen molar-refractivity contribution < 1.29 is 32.8 Å². The quantitative estimate of drug-likeness (QED) is 0.108. The first-order valence-electron chi connectivity index (χ1n) is 28.8. The third kappa shape index (κ3) is 10.5. The number of phenolic OH excluding ortho intramolecular Hbond substituents is 1. The molecule has 4 fully saturated rings. The van der Waals surface area contributed by atoms with E-state index in [0.29, 0.717) is 24.0 Å². The number of carbonyl (C=O) groups is 2. The van der Waals surface area contributed by atoms with Crippen molar-refractivity contribution in [2.24, 2.45) is 22.7 Å². The Morgan fingerprint density at radius 2 is 0.986 bits per heavy atom. The number of nitrogens with one attached hydrogen (secondary N) is 2. The van der Waals surface area contributed by atoms with Gasteiger partial charge in [-0.15, -0.1) is 0 Å². The van der Waals surface area contributed by atoms with E-state index in [9.17, 15) is 19.3 Å². The summed E-state index contributed by atoms with van der Waals surface area (Å²) >= 11 is 0. The van der Waals surface area contributed by atoms with Crippen molar-refractivity contribution in [3.8, 4) is 11.5 Å². The van der Waals surface area contributed by atoms with Crippen LogP contribution < -0.4 is 15.2 Å². The minimum atomic E-state index is -3.70. The molecule has 3 N–H and O–H groups in total. The Bertz CT molecular complexity index is 2620. The molecule has 0 radical (unpaired) electrons. The summed E-state index contributed by atoms with van der Waals surface area (Å²) in [6.45, 7) is 14.5. The van der Waals surface area contributed by atoms with Crippen LogP contribution in [0.15, 0.2) is 97.1 Å². The van der Waals surface area contributed by atoms with Crippen LogP contribution in [0.25, 0.3) is 0 Å². The summed E-state index contributed by atoms with van der Waals surface area (Å²) < 4.78 is 29.8. The number of fused-ring (bicyclic) bond motifs is 6. The number of hydrogen-bond donors (Lipinski definition) is 3. The fourth-order valence-corrected chi connectivity index (χ4v) is 17.3. The SMILES string of the molecule is CCOP(=O)(OCC)Oc1ccc2c(c1)[C@@]1(C)CCC[C@](C)(C(=O)NCC3(c4ccccc4)CCCCC3)[C@@H]1CC2.C[C@]1(C(=O)NCC2(c3ccccc3)CCCCC2)CCC[C@]2(C)c3cc(O)ccc3CC[C@@H]12. The number of phosphoric ester groups is 1. The van der Waals surface area contributed by atoms with Crippen molar-refractivity contribution in [2.45, 2.75) is 192 Å². The fourth-order valence-electron chi connectivity index (χ4n) is 16.1. The van der Waals surface area contributed by atoms with E-state index in [-0.39, 0.29) is 58.0 Å². The maximum absolute atomic E-state index is 14.2. The molecule has 0 aliphatic heterocycles. The molecule has 0 bridgehead atoms. The first kappa shape index (κ1) is 54.4. The minimum absolute atomic E-state index is 0.0178. The minimum Gasteiger partial charge on any atom is -0.508 e. The van der Waals surface area contributed by atoms with Gasteiger partial charge in [0.25, 0.3) is 0 Å². The lowest BCUT2D eigenvalue weighted by Gasteiger charge is -2.54. The molecular formula is C64H87N2O7P. The maximum Gasteiger partial charge on any atom is 0.530 e. The van der Waals surface area contributed by atoms with Gasteiger partial charge in [0.2, 0.25) is 11.8 Å². The Morgan fingerprint density at radius 1 is 0.554 bits per heavy atom. The number of amides is 2. The van der Waals surface area contributed by atoms with Crippen molar-refractivity contribution in [2.75, 3.05) is 26.3 Å². The second-order valence-corrected chi connectivity index (χ2v) is 26.0. The van der Waals surface area contributed by atoms with Crippen molar-refractivity contribution in [1.82, 2.24) is 10.6 Å². The summed E-state index contributed by atoms with van der Waals surface area (Å²) in [5.41, 5.74) is 6.86. The van der Waals surface area contributed by atoms with E-state index in [1.165, 1.54) is 71.9 Å². The predicted octanol–water partition coefficient (Wildman–Crippen LogP) is 14.7. The molecular weight excluding hydrogens is 940 g/mol. The van der Waals surface area contributed by atoms with Crippen molar-refractivity contribution in [1.29, 1.82) is 0 Å². The third-order valence-electron chi connectivity index (χ3n) is 20.1. The molecule has 0 aromatic heterocycles. The lowest BCUT2D eigenvalue weighted by atomic mass is 9.49. The normalized spacial score (nSPS) is 28.8. The Hall–Kier alpha value is -4.43. The van der Waals surface area contributed by atoms with Crippen LogP contribution in [0.4, 0.5) is 0 Å². The number of aryl methyl sites for hydroxylation is 2. The predicted molar refractivity (Wildman–Crippen MR) is 297 cm³/mol. The zero-order valence-corrected chi connectivity index (χ0v) is 46.6. The van der Waals surface area contributed by atoms with E-state index in [1.54, 1.807) is 13.8 Å².